The van der Waals surface area contributed by atoms with Gasteiger partial charge >= 0.3 is 6.01 Å². The number of ether oxygens (including phenoxy) is 7. The molecule has 2 aromatic carbocycles. The highest BCUT2D eigenvalue weighted by Gasteiger charge is 2.30. The lowest BCUT2D eigenvalue weighted by molar-refractivity contribution is 0.0542. The fourth-order valence-corrected chi connectivity index (χ4v) is 7.23. The number of nitrogens with one attached hydrogen (secondary N) is 1. The highest BCUT2D eigenvalue weighted by Crippen LogP contribution is 2.41. The molecule has 58 heavy (non-hydrogen) atoms. The lowest BCUT2D eigenvalue weighted by Gasteiger charge is -2.32. The maximum atomic E-state index is 14.4. The maximum absolute atomic E-state index is 14.4. The Kier molecular flexibility index (Phi) is 13.0. The number of rotatable bonds is 16. The van der Waals surface area contributed by atoms with Crippen LogP contribution in [0.4, 0.5) is 5.69 Å². The van der Waals surface area contributed by atoms with E-state index in [-0.39, 0.29) is 30.2 Å². The van der Waals surface area contributed by atoms with Crippen LogP contribution in [0.1, 0.15) is 68.1 Å². The summed E-state index contributed by atoms with van der Waals surface area (Å²) in [4.78, 5) is 34.5. The van der Waals surface area contributed by atoms with Gasteiger partial charge in [-0.05, 0) is 71.2 Å². The Balaban J connectivity index is 1.17. The van der Waals surface area contributed by atoms with E-state index in [1.165, 1.54) is 7.11 Å². The molecule has 306 valence electrons. The third-order valence-electron chi connectivity index (χ3n) is 9.96. The van der Waals surface area contributed by atoms with Gasteiger partial charge in [0.15, 0.2) is 0 Å². The van der Waals surface area contributed by atoms with Gasteiger partial charge in [-0.3, -0.25) is 4.79 Å². The lowest BCUT2D eigenvalue weighted by atomic mass is 9.92. The number of aromatic nitrogens is 3. The van der Waals surface area contributed by atoms with Crippen molar-refractivity contribution in [3.63, 3.8) is 0 Å². The standard InChI is InChI=1S/C44H52N6O8/c1-27(2)53-15-17-56-40-13-12-39-34(10-8-14-55-39)42(40)31-23-45-29(5)50(25-31)37-20-41(57-18-16-54-28(3)4)46-24-36(37)43(51)49-32-19-35-33(9-7-11-38(35)58-26-32)30-21-47-44(52-6)48-22-30/h7,9,11-13,20-24,27-28,32H,8,10,14-19,25-26H2,1-6H3,(H,49,51)/t32-/m0/s1. The van der Waals surface area contributed by atoms with E-state index in [0.29, 0.717) is 75.6 Å². The molecule has 0 bridgehead atoms. The van der Waals surface area contributed by atoms with Crippen LogP contribution in [-0.4, -0.2) is 98.2 Å². The van der Waals surface area contributed by atoms with Crippen LogP contribution in [0.5, 0.6) is 29.1 Å². The van der Waals surface area contributed by atoms with Crippen LogP contribution in [0.15, 0.2) is 66.2 Å². The third-order valence-corrected chi connectivity index (χ3v) is 9.96. The Bertz CT molecular complexity index is 2140. The molecule has 14 nitrogen and oxygen atoms in total. The number of amides is 1. The molecule has 0 spiro atoms. The normalized spacial score (nSPS) is 16.1. The first-order chi connectivity index (χ1) is 28.2. The minimum atomic E-state index is -0.334. The van der Waals surface area contributed by atoms with Gasteiger partial charge in [-0.1, -0.05) is 12.1 Å². The summed E-state index contributed by atoms with van der Waals surface area (Å²) >= 11 is 0. The molecule has 2 aromatic heterocycles. The van der Waals surface area contributed by atoms with Gasteiger partial charge in [-0.2, -0.15) is 0 Å². The molecule has 0 saturated heterocycles. The average molecular weight is 793 g/mol. The fourth-order valence-electron chi connectivity index (χ4n) is 7.23. The van der Waals surface area contributed by atoms with Gasteiger partial charge in [0.1, 0.15) is 42.9 Å². The first-order valence-corrected chi connectivity index (χ1v) is 19.9. The highest BCUT2D eigenvalue weighted by molar-refractivity contribution is 6.08. The van der Waals surface area contributed by atoms with E-state index >= 15 is 0 Å². The predicted octanol–water partition coefficient (Wildman–Crippen LogP) is 6.49. The van der Waals surface area contributed by atoms with Crippen molar-refractivity contribution >= 4 is 23.0 Å². The summed E-state index contributed by atoms with van der Waals surface area (Å²) in [6, 6.07) is 11.6. The molecule has 7 rings (SSSR count). The summed E-state index contributed by atoms with van der Waals surface area (Å²) in [5.41, 5.74) is 6.61. The van der Waals surface area contributed by atoms with Gasteiger partial charge < -0.3 is 43.4 Å². The van der Waals surface area contributed by atoms with E-state index in [0.717, 1.165) is 63.5 Å². The molecule has 1 N–H and O–H groups in total. The van der Waals surface area contributed by atoms with E-state index in [2.05, 4.69) is 20.3 Å². The number of methoxy groups -OCH3 is 1. The summed E-state index contributed by atoms with van der Waals surface area (Å²) in [5.74, 6) is 3.10. The molecular formula is C44H52N6O8. The van der Waals surface area contributed by atoms with Crippen molar-refractivity contribution in [3.8, 4) is 40.3 Å². The van der Waals surface area contributed by atoms with Crippen LogP contribution in [0.2, 0.25) is 0 Å². The van der Waals surface area contributed by atoms with Crippen molar-refractivity contribution in [2.24, 2.45) is 4.99 Å². The van der Waals surface area contributed by atoms with Gasteiger partial charge in [0.2, 0.25) is 5.88 Å². The van der Waals surface area contributed by atoms with Crippen molar-refractivity contribution in [2.45, 2.75) is 72.1 Å². The van der Waals surface area contributed by atoms with Gasteiger partial charge in [0, 0.05) is 65.1 Å². The number of carbonyl (C=O) groups excluding carboxylic acids is 1. The molecule has 1 amide bonds. The zero-order chi connectivity index (χ0) is 40.6. The zero-order valence-corrected chi connectivity index (χ0v) is 34.1. The second kappa shape index (κ2) is 18.7. The van der Waals surface area contributed by atoms with Crippen LogP contribution >= 0.6 is 0 Å². The highest BCUT2D eigenvalue weighted by atomic mass is 16.5. The van der Waals surface area contributed by atoms with E-state index in [9.17, 15) is 4.79 Å². The molecule has 5 heterocycles. The topological polar surface area (TPSA) is 148 Å². The largest absolute Gasteiger partial charge is 0.493 e. The van der Waals surface area contributed by atoms with Crippen LogP contribution in [0.25, 0.3) is 16.7 Å². The third kappa shape index (κ3) is 9.51. The number of aliphatic imine (C=N–C) groups is 1. The Labute approximate surface area is 339 Å². The second-order valence-corrected chi connectivity index (χ2v) is 14.8. The van der Waals surface area contributed by atoms with Crippen LogP contribution < -0.4 is 33.9 Å². The number of fused-ring (bicyclic) bond motifs is 2. The fraction of sp³-hybridized carbons (Fsp3) is 0.432. The number of hydrogen-bond acceptors (Lipinski definition) is 13. The van der Waals surface area contributed by atoms with E-state index in [1.54, 1.807) is 24.7 Å². The van der Waals surface area contributed by atoms with Crippen LogP contribution in [0, 0.1) is 0 Å². The quantitative estimate of drug-likeness (QED) is 0.124. The Morgan fingerprint density at radius 3 is 2.43 bits per heavy atom. The first-order valence-electron chi connectivity index (χ1n) is 19.9. The second-order valence-electron chi connectivity index (χ2n) is 14.8. The summed E-state index contributed by atoms with van der Waals surface area (Å²) < 4.78 is 41.4. The van der Waals surface area contributed by atoms with Crippen molar-refractivity contribution in [1.29, 1.82) is 0 Å². The van der Waals surface area contributed by atoms with Crippen LogP contribution in [0.3, 0.4) is 0 Å². The Morgan fingerprint density at radius 1 is 0.914 bits per heavy atom. The molecule has 1 atom stereocenters. The lowest BCUT2D eigenvalue weighted by Crippen LogP contribution is -2.43. The SMILES string of the molecule is COc1ncc(-c2cccc3c2C[C@H](NC(=O)c2cnc(OCCOC(C)C)cc2N2CC(c4c(OCCOC(C)C)ccc5c4CCCO5)=CN=C2C)CO3)cn1. The molecule has 0 saturated carbocycles. The monoisotopic (exact) mass is 792 g/mol. The Morgan fingerprint density at radius 2 is 1.67 bits per heavy atom. The smallest absolute Gasteiger partial charge is 0.316 e. The number of benzene rings is 2. The number of amidine groups is 1. The Hall–Kier alpha value is -5.73. The number of pyridine rings is 1. The number of hydrogen-bond donors (Lipinski definition) is 1. The van der Waals surface area contributed by atoms with Crippen molar-refractivity contribution in [1.82, 2.24) is 20.3 Å². The zero-order valence-electron chi connectivity index (χ0n) is 34.1. The molecule has 4 aromatic rings. The summed E-state index contributed by atoms with van der Waals surface area (Å²) in [6.07, 6.45) is 9.32. The van der Waals surface area contributed by atoms with Crippen LogP contribution in [-0.2, 0) is 22.3 Å². The summed E-state index contributed by atoms with van der Waals surface area (Å²) in [7, 11) is 1.53. The molecule has 3 aliphatic heterocycles. The van der Waals surface area contributed by atoms with E-state index < -0.39 is 0 Å². The number of anilines is 1. The summed E-state index contributed by atoms with van der Waals surface area (Å²) in [6.45, 7) is 12.8. The van der Waals surface area contributed by atoms with Gasteiger partial charge in [-0.15, -0.1) is 0 Å². The van der Waals surface area contributed by atoms with Crippen molar-refractivity contribution in [3.05, 3.63) is 83.4 Å². The van der Waals surface area contributed by atoms with E-state index in [1.807, 2.05) is 76.1 Å². The van der Waals surface area contributed by atoms with Gasteiger partial charge in [-0.25, -0.2) is 19.9 Å². The molecule has 0 fully saturated rings. The van der Waals surface area contributed by atoms with Gasteiger partial charge in [0.25, 0.3) is 5.91 Å². The van der Waals surface area contributed by atoms with E-state index in [4.69, 9.17) is 38.2 Å². The average Bonchev–Trinajstić information content (AvgIpc) is 3.23. The number of nitrogens with zero attached hydrogens (tertiary/aromatic N) is 5. The molecule has 0 aliphatic carbocycles. The molecular weight excluding hydrogens is 741 g/mol. The van der Waals surface area contributed by atoms with Crippen molar-refractivity contribution < 1.29 is 38.0 Å². The maximum Gasteiger partial charge on any atom is 0.316 e. The molecule has 0 radical (unpaired) electrons. The van der Waals surface area contributed by atoms with Gasteiger partial charge in [0.05, 0.1) is 63.0 Å². The molecule has 3 aliphatic rings. The molecule has 0 unspecified atom stereocenters. The minimum Gasteiger partial charge on any atom is -0.493 e. The molecule has 14 heteroatoms. The number of carbonyl (C=O) groups is 1. The summed E-state index contributed by atoms with van der Waals surface area (Å²) in [5, 5.41) is 3.24. The first kappa shape index (κ1) is 40.5. The predicted molar refractivity (Wildman–Crippen MR) is 221 cm³/mol. The minimum absolute atomic E-state index is 0.0673. The van der Waals surface area contributed by atoms with Crippen molar-refractivity contribution in [2.75, 3.05) is 58.2 Å².